The van der Waals surface area contributed by atoms with Crippen molar-refractivity contribution in [3.05, 3.63) is 29.8 Å². The fraction of sp³-hybridized carbons (Fsp3) is 0.600. The number of para-hydroxylation sites is 1. The Morgan fingerprint density at radius 2 is 1.83 bits per heavy atom. The average Bonchev–Trinajstić information content (AvgIpc) is 2.43. The smallest absolute Gasteiger partial charge is 0.125 e. The van der Waals surface area contributed by atoms with Crippen molar-refractivity contribution < 1.29 is 9.84 Å². The lowest BCUT2D eigenvalue weighted by atomic mass is 10.1. The number of hydrogen-bond donors (Lipinski definition) is 1. The Hall–Kier alpha value is -1.06. The Morgan fingerprint density at radius 3 is 2.44 bits per heavy atom. The maximum absolute atomic E-state index is 9.92. The van der Waals surface area contributed by atoms with Crippen LogP contribution in [0, 0.1) is 0 Å². The van der Waals surface area contributed by atoms with E-state index in [-0.39, 0.29) is 0 Å². The van der Waals surface area contributed by atoms with Crippen LogP contribution in [0.5, 0.6) is 5.75 Å². The molecule has 0 aliphatic rings. The minimum Gasteiger partial charge on any atom is -0.492 e. The molecule has 0 spiro atoms. The summed E-state index contributed by atoms with van der Waals surface area (Å²) >= 11 is 0. The molecule has 0 aliphatic carbocycles. The zero-order valence-electron chi connectivity index (χ0n) is 11.7. The summed E-state index contributed by atoms with van der Waals surface area (Å²) in [4.78, 5) is 2.32. The molecular weight excluding hydrogens is 226 g/mol. The average molecular weight is 251 g/mol. The predicted octanol–water partition coefficient (Wildman–Crippen LogP) is 2.85. The number of nitrogens with zero attached hydrogens (tertiary/aromatic N) is 1. The van der Waals surface area contributed by atoms with E-state index >= 15 is 0 Å². The van der Waals surface area contributed by atoms with E-state index in [1.807, 2.05) is 31.2 Å². The molecule has 0 fully saturated rings. The summed E-state index contributed by atoms with van der Waals surface area (Å²) in [5, 5.41) is 9.92. The van der Waals surface area contributed by atoms with Gasteiger partial charge in [-0.05, 0) is 25.6 Å². The molecular formula is C15H25NO2. The number of aliphatic hydroxyl groups excluding tert-OH is 1. The molecule has 0 unspecified atom stereocenters. The van der Waals surface area contributed by atoms with Gasteiger partial charge in [0.1, 0.15) is 12.4 Å². The van der Waals surface area contributed by atoms with E-state index in [1.54, 1.807) is 0 Å². The van der Waals surface area contributed by atoms with E-state index in [0.29, 0.717) is 13.0 Å². The van der Waals surface area contributed by atoms with Gasteiger partial charge in [-0.2, -0.15) is 0 Å². The monoisotopic (exact) mass is 251 g/mol. The van der Waals surface area contributed by atoms with Crippen LogP contribution in [0.15, 0.2) is 24.3 Å². The molecule has 0 amide bonds. The Kier molecular flexibility index (Phi) is 6.76. The standard InChI is InChI=1S/C15H25NO2/c1-4-14(17)13-9-7-8-10-15(13)18-12-11-16(5-2)6-3/h7-10,14,17H,4-6,11-12H2,1-3H3/t14-/m0/s1. The van der Waals surface area contributed by atoms with Crippen molar-refractivity contribution in [3.63, 3.8) is 0 Å². The van der Waals surface area contributed by atoms with Gasteiger partial charge >= 0.3 is 0 Å². The van der Waals surface area contributed by atoms with Crippen LogP contribution in [0.4, 0.5) is 0 Å². The number of rotatable bonds is 8. The van der Waals surface area contributed by atoms with Crippen LogP contribution >= 0.6 is 0 Å². The Bertz CT molecular complexity index is 337. The normalized spacial score (nSPS) is 12.7. The highest BCUT2D eigenvalue weighted by Gasteiger charge is 2.11. The van der Waals surface area contributed by atoms with Gasteiger partial charge in [-0.15, -0.1) is 0 Å². The topological polar surface area (TPSA) is 32.7 Å². The summed E-state index contributed by atoms with van der Waals surface area (Å²) in [5.74, 6) is 0.805. The maximum Gasteiger partial charge on any atom is 0.125 e. The van der Waals surface area contributed by atoms with Gasteiger partial charge in [0.25, 0.3) is 0 Å². The number of benzene rings is 1. The van der Waals surface area contributed by atoms with E-state index in [9.17, 15) is 5.11 Å². The van der Waals surface area contributed by atoms with Crippen LogP contribution in [0.3, 0.4) is 0 Å². The molecule has 18 heavy (non-hydrogen) atoms. The van der Waals surface area contributed by atoms with E-state index < -0.39 is 6.10 Å². The molecule has 0 aliphatic heterocycles. The Morgan fingerprint density at radius 1 is 1.17 bits per heavy atom. The third-order valence-corrected chi connectivity index (χ3v) is 3.22. The van der Waals surface area contributed by atoms with Gasteiger partial charge in [0.05, 0.1) is 6.10 Å². The summed E-state index contributed by atoms with van der Waals surface area (Å²) in [5.41, 5.74) is 0.888. The Balaban J connectivity index is 2.56. The molecule has 1 aromatic carbocycles. The molecule has 3 nitrogen and oxygen atoms in total. The van der Waals surface area contributed by atoms with Gasteiger partial charge in [0.2, 0.25) is 0 Å². The highest BCUT2D eigenvalue weighted by molar-refractivity contribution is 5.34. The molecule has 0 saturated heterocycles. The van der Waals surface area contributed by atoms with Crippen LogP contribution in [0.1, 0.15) is 38.9 Å². The minimum absolute atomic E-state index is 0.436. The van der Waals surface area contributed by atoms with E-state index in [1.165, 1.54) is 0 Å². The first-order valence-electron chi connectivity index (χ1n) is 6.85. The van der Waals surface area contributed by atoms with Crippen LogP contribution in [0.2, 0.25) is 0 Å². The maximum atomic E-state index is 9.92. The summed E-state index contributed by atoms with van der Waals surface area (Å²) in [6.07, 6.45) is 0.269. The molecule has 1 aromatic rings. The molecule has 0 radical (unpaired) electrons. The van der Waals surface area contributed by atoms with Crippen molar-refractivity contribution >= 4 is 0 Å². The van der Waals surface area contributed by atoms with Crippen molar-refractivity contribution in [1.29, 1.82) is 0 Å². The summed E-state index contributed by atoms with van der Waals surface area (Å²) < 4.78 is 5.79. The van der Waals surface area contributed by atoms with Gasteiger partial charge in [-0.1, -0.05) is 39.0 Å². The zero-order valence-corrected chi connectivity index (χ0v) is 11.7. The molecule has 1 atom stereocenters. The number of likely N-dealkylation sites (N-methyl/N-ethyl adjacent to an activating group) is 1. The highest BCUT2D eigenvalue weighted by atomic mass is 16.5. The minimum atomic E-state index is -0.436. The highest BCUT2D eigenvalue weighted by Crippen LogP contribution is 2.26. The molecule has 0 heterocycles. The third-order valence-electron chi connectivity index (χ3n) is 3.22. The summed E-state index contributed by atoms with van der Waals surface area (Å²) in [7, 11) is 0. The van der Waals surface area contributed by atoms with Crippen LogP contribution in [-0.4, -0.2) is 36.2 Å². The zero-order chi connectivity index (χ0) is 13.4. The van der Waals surface area contributed by atoms with Gasteiger partial charge in [-0.25, -0.2) is 0 Å². The van der Waals surface area contributed by atoms with Crippen molar-refractivity contribution in [2.24, 2.45) is 0 Å². The van der Waals surface area contributed by atoms with Crippen LogP contribution in [-0.2, 0) is 0 Å². The third kappa shape index (κ3) is 4.31. The summed E-state index contributed by atoms with van der Waals surface area (Å²) in [6.45, 7) is 9.94. The van der Waals surface area contributed by atoms with Gasteiger partial charge in [-0.3, -0.25) is 0 Å². The number of aliphatic hydroxyl groups is 1. The molecule has 0 aromatic heterocycles. The first-order chi connectivity index (χ1) is 8.72. The number of hydrogen-bond acceptors (Lipinski definition) is 3. The van der Waals surface area contributed by atoms with Crippen molar-refractivity contribution in [3.8, 4) is 5.75 Å². The number of ether oxygens (including phenoxy) is 1. The SMILES string of the molecule is CC[C@H](O)c1ccccc1OCCN(CC)CC. The largest absolute Gasteiger partial charge is 0.492 e. The molecule has 1 N–H and O–H groups in total. The second-order valence-electron chi connectivity index (χ2n) is 4.34. The van der Waals surface area contributed by atoms with Crippen molar-refractivity contribution in [2.75, 3.05) is 26.2 Å². The second-order valence-corrected chi connectivity index (χ2v) is 4.34. The van der Waals surface area contributed by atoms with Crippen molar-refractivity contribution in [2.45, 2.75) is 33.3 Å². The first kappa shape index (κ1) is 15.0. The van der Waals surface area contributed by atoms with E-state index in [4.69, 9.17) is 4.74 Å². The summed E-state index contributed by atoms with van der Waals surface area (Å²) in [6, 6.07) is 7.74. The first-order valence-corrected chi connectivity index (χ1v) is 6.85. The lowest BCUT2D eigenvalue weighted by Gasteiger charge is -2.19. The van der Waals surface area contributed by atoms with Crippen LogP contribution < -0.4 is 4.74 Å². The van der Waals surface area contributed by atoms with E-state index in [2.05, 4.69) is 18.7 Å². The van der Waals surface area contributed by atoms with Crippen molar-refractivity contribution in [1.82, 2.24) is 4.90 Å². The fourth-order valence-corrected chi connectivity index (χ4v) is 1.93. The second kappa shape index (κ2) is 8.11. The fourth-order valence-electron chi connectivity index (χ4n) is 1.93. The van der Waals surface area contributed by atoms with Gasteiger partial charge < -0.3 is 14.7 Å². The van der Waals surface area contributed by atoms with Crippen LogP contribution in [0.25, 0.3) is 0 Å². The molecule has 1 rings (SSSR count). The molecule has 0 saturated carbocycles. The van der Waals surface area contributed by atoms with Gasteiger partial charge in [0, 0.05) is 12.1 Å². The van der Waals surface area contributed by atoms with E-state index in [0.717, 1.165) is 30.9 Å². The molecule has 3 heteroatoms. The quantitative estimate of drug-likeness (QED) is 0.771. The molecule has 0 bridgehead atoms. The lowest BCUT2D eigenvalue weighted by molar-refractivity contribution is 0.164. The predicted molar refractivity (Wildman–Crippen MR) is 75.0 cm³/mol. The Labute approximate surface area is 110 Å². The molecule has 102 valence electrons. The van der Waals surface area contributed by atoms with Gasteiger partial charge in [0.15, 0.2) is 0 Å². The lowest BCUT2D eigenvalue weighted by Crippen LogP contribution is -2.28.